The highest BCUT2D eigenvalue weighted by Gasteiger charge is 2.20. The molecule has 0 spiro atoms. The molecule has 0 saturated heterocycles. The molecule has 1 aromatic carbocycles. The molecule has 0 saturated carbocycles. The summed E-state index contributed by atoms with van der Waals surface area (Å²) in [4.78, 5) is 0. The van der Waals surface area contributed by atoms with Gasteiger partial charge in [0.05, 0.1) is 0 Å². The van der Waals surface area contributed by atoms with Crippen LogP contribution < -0.4 is 10.4 Å². The lowest BCUT2D eigenvalue weighted by Crippen LogP contribution is -2.28. The molecular weight excluding hydrogens is 264 g/mol. The fourth-order valence-electron chi connectivity index (χ4n) is 3.55. The Hall–Kier alpha value is -1.82. The van der Waals surface area contributed by atoms with Crippen molar-refractivity contribution in [3.8, 4) is 0 Å². The summed E-state index contributed by atoms with van der Waals surface area (Å²) in [6.45, 7) is 8.93. The zero-order valence-corrected chi connectivity index (χ0v) is 14.2. The fraction of sp³-hybridized carbons (Fsp3) is 0.364. The van der Waals surface area contributed by atoms with Gasteiger partial charge in [0.15, 0.2) is 0 Å². The lowest BCUT2D eigenvalue weighted by Gasteiger charge is -2.10. The van der Waals surface area contributed by atoms with Gasteiger partial charge in [0.25, 0.3) is 0 Å². The second kappa shape index (κ2) is 6.12. The van der Waals surface area contributed by atoms with Gasteiger partial charge in [-0.1, -0.05) is 49.3 Å². The van der Waals surface area contributed by atoms with E-state index in [0.717, 1.165) is 6.42 Å². The molecule has 0 atom stereocenters. The third-order valence-electron chi connectivity index (χ3n) is 4.74. The maximum Gasteiger partial charge on any atom is -0.00142 e. The number of hydrogen-bond donors (Lipinski definition) is 0. The van der Waals surface area contributed by atoms with Crippen LogP contribution in [0.5, 0.6) is 0 Å². The Bertz CT molecular complexity index is 806. The predicted octanol–water partition coefficient (Wildman–Crippen LogP) is 4.59. The topological polar surface area (TPSA) is 0 Å². The molecule has 0 N–H and O–H groups in total. The summed E-state index contributed by atoms with van der Waals surface area (Å²) in [5, 5.41) is 2.77. The lowest BCUT2D eigenvalue weighted by molar-refractivity contribution is 0.795. The molecule has 1 aromatic rings. The van der Waals surface area contributed by atoms with Crippen molar-refractivity contribution >= 4 is 11.1 Å². The van der Waals surface area contributed by atoms with Crippen molar-refractivity contribution < 1.29 is 0 Å². The maximum atomic E-state index is 3.70. The fourth-order valence-corrected chi connectivity index (χ4v) is 3.55. The van der Waals surface area contributed by atoms with Crippen molar-refractivity contribution in [3.63, 3.8) is 0 Å². The van der Waals surface area contributed by atoms with E-state index in [2.05, 4.69) is 64.1 Å². The molecule has 113 valence electrons. The van der Waals surface area contributed by atoms with E-state index in [9.17, 15) is 0 Å². The molecule has 1 radical (unpaired) electrons. The van der Waals surface area contributed by atoms with Gasteiger partial charge in [0, 0.05) is 0 Å². The second-order valence-electron chi connectivity index (χ2n) is 6.57. The van der Waals surface area contributed by atoms with Crippen LogP contribution >= 0.6 is 0 Å². The SMILES string of the molecule is CCCCC1=C(C2=[C]c3cccc(=C(C)C)c3=C2C)CC=C1. The smallest absolute Gasteiger partial charge is 0.00142 e. The molecule has 0 aromatic heterocycles. The largest absolute Gasteiger partial charge is 0.0798 e. The average molecular weight is 289 g/mol. The zero-order valence-electron chi connectivity index (χ0n) is 14.2. The third-order valence-corrected chi connectivity index (χ3v) is 4.74. The summed E-state index contributed by atoms with van der Waals surface area (Å²) < 4.78 is 0. The Morgan fingerprint density at radius 3 is 2.77 bits per heavy atom. The normalized spacial score (nSPS) is 16.4. The van der Waals surface area contributed by atoms with Crippen molar-refractivity contribution in [1.29, 1.82) is 0 Å². The Morgan fingerprint density at radius 2 is 2.05 bits per heavy atom. The molecule has 0 heterocycles. The van der Waals surface area contributed by atoms with Gasteiger partial charge in [-0.05, 0) is 84.4 Å². The highest BCUT2D eigenvalue weighted by molar-refractivity contribution is 5.77. The van der Waals surface area contributed by atoms with E-state index in [1.54, 1.807) is 0 Å². The minimum Gasteiger partial charge on any atom is -0.0798 e. The molecule has 0 unspecified atom stereocenters. The molecule has 0 fully saturated rings. The monoisotopic (exact) mass is 289 g/mol. The van der Waals surface area contributed by atoms with Gasteiger partial charge >= 0.3 is 0 Å². The maximum absolute atomic E-state index is 3.70. The first-order valence-corrected chi connectivity index (χ1v) is 8.44. The minimum absolute atomic E-state index is 1.07. The zero-order chi connectivity index (χ0) is 15.7. The first-order valence-electron chi connectivity index (χ1n) is 8.44. The van der Waals surface area contributed by atoms with Gasteiger partial charge in [0.2, 0.25) is 0 Å². The Labute approximate surface area is 134 Å². The van der Waals surface area contributed by atoms with Crippen LogP contribution in [0, 0.1) is 6.08 Å². The molecule has 0 bridgehead atoms. The number of rotatable bonds is 4. The van der Waals surface area contributed by atoms with Gasteiger partial charge in [0.1, 0.15) is 0 Å². The number of hydrogen-bond acceptors (Lipinski definition) is 0. The van der Waals surface area contributed by atoms with Gasteiger partial charge in [-0.2, -0.15) is 0 Å². The first kappa shape index (κ1) is 15.1. The quantitative estimate of drug-likeness (QED) is 0.761. The third kappa shape index (κ3) is 2.52. The Balaban J connectivity index is 2.13. The summed E-state index contributed by atoms with van der Waals surface area (Å²) >= 11 is 0. The molecule has 2 aliphatic rings. The summed E-state index contributed by atoms with van der Waals surface area (Å²) in [5.41, 5.74) is 8.42. The molecule has 0 heteroatoms. The minimum atomic E-state index is 1.07. The molecule has 0 amide bonds. The molecule has 2 aliphatic carbocycles. The van der Waals surface area contributed by atoms with Crippen LogP contribution in [0.15, 0.2) is 47.1 Å². The van der Waals surface area contributed by atoms with E-state index in [1.807, 2.05) is 0 Å². The molecular formula is C22H25. The van der Waals surface area contributed by atoms with Crippen LogP contribution in [0.25, 0.3) is 11.1 Å². The highest BCUT2D eigenvalue weighted by Crippen LogP contribution is 2.34. The Morgan fingerprint density at radius 1 is 1.23 bits per heavy atom. The Kier molecular flexibility index (Phi) is 4.20. The molecule has 0 nitrogen and oxygen atoms in total. The average Bonchev–Trinajstić information content (AvgIpc) is 3.09. The molecule has 0 aliphatic heterocycles. The van der Waals surface area contributed by atoms with Crippen LogP contribution in [0.4, 0.5) is 0 Å². The van der Waals surface area contributed by atoms with Crippen molar-refractivity contribution in [3.05, 3.63) is 69.1 Å². The summed E-state index contributed by atoms with van der Waals surface area (Å²) in [5.74, 6) is 0. The van der Waals surface area contributed by atoms with Crippen molar-refractivity contribution in [2.75, 3.05) is 0 Å². The number of allylic oxidation sites excluding steroid dienone is 5. The van der Waals surface area contributed by atoms with Gasteiger partial charge in [-0.25, -0.2) is 0 Å². The van der Waals surface area contributed by atoms with Crippen LogP contribution in [0.3, 0.4) is 0 Å². The van der Waals surface area contributed by atoms with E-state index in [0.29, 0.717) is 0 Å². The van der Waals surface area contributed by atoms with E-state index in [1.165, 1.54) is 63.1 Å². The summed E-state index contributed by atoms with van der Waals surface area (Å²) in [6, 6.07) is 6.60. The highest BCUT2D eigenvalue weighted by atomic mass is 14.2. The number of unbranched alkanes of at least 4 members (excludes halogenated alkanes) is 1. The van der Waals surface area contributed by atoms with Crippen LogP contribution in [-0.4, -0.2) is 0 Å². The van der Waals surface area contributed by atoms with Crippen molar-refractivity contribution in [1.82, 2.24) is 0 Å². The molecule has 3 rings (SSSR count). The van der Waals surface area contributed by atoms with Crippen LogP contribution in [0.1, 0.15) is 58.9 Å². The van der Waals surface area contributed by atoms with E-state index < -0.39 is 0 Å². The first-order chi connectivity index (χ1) is 10.6. The van der Waals surface area contributed by atoms with E-state index >= 15 is 0 Å². The standard InChI is InChI=1S/C22H25/c1-5-6-9-17-10-7-13-20(17)21-14-18-11-8-12-19(15(2)3)22(18)16(21)4/h7-8,10-12H,5-6,9,13H2,1-4H3. The number of fused-ring (bicyclic) bond motifs is 1. The van der Waals surface area contributed by atoms with Crippen molar-refractivity contribution in [2.45, 2.75) is 53.4 Å². The number of benzene rings is 1. The van der Waals surface area contributed by atoms with Gasteiger partial charge in [-0.3, -0.25) is 0 Å². The second-order valence-corrected chi connectivity index (χ2v) is 6.57. The van der Waals surface area contributed by atoms with Gasteiger partial charge in [-0.15, -0.1) is 0 Å². The van der Waals surface area contributed by atoms with E-state index in [-0.39, 0.29) is 0 Å². The van der Waals surface area contributed by atoms with Crippen LogP contribution in [-0.2, 0) is 0 Å². The van der Waals surface area contributed by atoms with Crippen LogP contribution in [0.2, 0.25) is 0 Å². The lowest BCUT2D eigenvalue weighted by atomic mass is 9.94. The summed E-state index contributed by atoms with van der Waals surface area (Å²) in [6.07, 6.45) is 13.1. The molecule has 22 heavy (non-hydrogen) atoms. The summed E-state index contributed by atoms with van der Waals surface area (Å²) in [7, 11) is 0. The predicted molar refractivity (Wildman–Crippen MR) is 95.7 cm³/mol. The van der Waals surface area contributed by atoms with Crippen molar-refractivity contribution in [2.24, 2.45) is 0 Å². The van der Waals surface area contributed by atoms with Gasteiger partial charge < -0.3 is 0 Å². The van der Waals surface area contributed by atoms with E-state index in [4.69, 9.17) is 0 Å².